The molecule has 28 heavy (non-hydrogen) atoms. The molecule has 4 aromatic rings. The van der Waals surface area contributed by atoms with Gasteiger partial charge in [0, 0.05) is 11.1 Å². The first kappa shape index (κ1) is 18.2. The summed E-state index contributed by atoms with van der Waals surface area (Å²) in [5, 5.41) is 16.8. The van der Waals surface area contributed by atoms with Crippen molar-refractivity contribution in [1.82, 2.24) is 14.9 Å². The highest BCUT2D eigenvalue weighted by Gasteiger charge is 2.10. The molecule has 0 radical (unpaired) electrons. The normalized spacial score (nSPS) is 12.1. The first-order chi connectivity index (χ1) is 13.6. The zero-order chi connectivity index (χ0) is 19.5. The van der Waals surface area contributed by atoms with Crippen LogP contribution in [0.1, 0.15) is 24.4 Å². The number of rotatable bonds is 6. The Kier molecular flexibility index (Phi) is 5.10. The standard InChI is InChI=1S/C21H20N4O2S/c1-14(26)15-7-9-16(10-8-15)19-12-11-18(27-19)13-22-25-20(23-24-21(25)28)17-5-3-2-4-6-17/h2-12,14,22,26H,13H2,1H3,(H,24,28). The Bertz CT molecular complexity index is 1110. The summed E-state index contributed by atoms with van der Waals surface area (Å²) in [6, 6.07) is 21.4. The Morgan fingerprint density at radius 2 is 1.82 bits per heavy atom. The molecule has 0 saturated carbocycles. The van der Waals surface area contributed by atoms with Gasteiger partial charge in [0.2, 0.25) is 4.77 Å². The Morgan fingerprint density at radius 1 is 1.07 bits per heavy atom. The molecule has 0 aliphatic rings. The van der Waals surface area contributed by atoms with E-state index in [2.05, 4.69) is 15.6 Å². The highest BCUT2D eigenvalue weighted by atomic mass is 32.1. The van der Waals surface area contributed by atoms with Crippen LogP contribution in [0.15, 0.2) is 71.1 Å². The van der Waals surface area contributed by atoms with Crippen molar-refractivity contribution in [3.05, 3.63) is 82.8 Å². The van der Waals surface area contributed by atoms with Crippen LogP contribution in [-0.4, -0.2) is 20.0 Å². The highest BCUT2D eigenvalue weighted by molar-refractivity contribution is 7.71. The fourth-order valence-electron chi connectivity index (χ4n) is 2.94. The van der Waals surface area contributed by atoms with Gasteiger partial charge in [-0.25, -0.2) is 9.77 Å². The molecule has 0 saturated heterocycles. The van der Waals surface area contributed by atoms with E-state index in [1.54, 1.807) is 11.6 Å². The number of hydrogen-bond donors (Lipinski definition) is 3. The molecule has 7 heteroatoms. The molecule has 0 bridgehead atoms. The Labute approximate surface area is 167 Å². The van der Waals surface area contributed by atoms with E-state index in [4.69, 9.17) is 16.6 Å². The molecule has 0 spiro atoms. The van der Waals surface area contributed by atoms with Crippen LogP contribution in [0.3, 0.4) is 0 Å². The molecule has 3 N–H and O–H groups in total. The number of H-pyrrole nitrogens is 1. The van der Waals surface area contributed by atoms with Crippen molar-refractivity contribution < 1.29 is 9.52 Å². The van der Waals surface area contributed by atoms with Gasteiger partial charge in [0.15, 0.2) is 5.82 Å². The maximum absolute atomic E-state index is 9.63. The molecule has 6 nitrogen and oxygen atoms in total. The summed E-state index contributed by atoms with van der Waals surface area (Å²) in [6.45, 7) is 2.20. The summed E-state index contributed by atoms with van der Waals surface area (Å²) in [7, 11) is 0. The van der Waals surface area contributed by atoms with Crippen LogP contribution in [0.2, 0.25) is 0 Å². The van der Waals surface area contributed by atoms with E-state index < -0.39 is 6.10 Å². The maximum atomic E-state index is 9.63. The van der Waals surface area contributed by atoms with Gasteiger partial charge in [-0.2, -0.15) is 5.10 Å². The Hall–Kier alpha value is -3.16. The zero-order valence-electron chi connectivity index (χ0n) is 15.3. The van der Waals surface area contributed by atoms with Crippen molar-refractivity contribution >= 4 is 12.2 Å². The molecule has 1 unspecified atom stereocenters. The van der Waals surface area contributed by atoms with Crippen molar-refractivity contribution in [2.24, 2.45) is 0 Å². The third kappa shape index (κ3) is 3.76. The minimum Gasteiger partial charge on any atom is -0.459 e. The van der Waals surface area contributed by atoms with Crippen LogP contribution in [0.5, 0.6) is 0 Å². The third-order valence-corrected chi connectivity index (χ3v) is 4.73. The minimum atomic E-state index is -0.483. The summed E-state index contributed by atoms with van der Waals surface area (Å²) < 4.78 is 8.18. The monoisotopic (exact) mass is 392 g/mol. The number of aromatic amines is 1. The van der Waals surface area contributed by atoms with Crippen molar-refractivity contribution in [1.29, 1.82) is 0 Å². The van der Waals surface area contributed by atoms with E-state index in [1.165, 1.54) is 0 Å². The summed E-state index contributed by atoms with van der Waals surface area (Å²) in [5.41, 5.74) is 6.05. The lowest BCUT2D eigenvalue weighted by molar-refractivity contribution is 0.199. The number of hydrogen-bond acceptors (Lipinski definition) is 5. The number of nitrogens with zero attached hydrogens (tertiary/aromatic N) is 2. The highest BCUT2D eigenvalue weighted by Crippen LogP contribution is 2.24. The van der Waals surface area contributed by atoms with Gasteiger partial charge < -0.3 is 14.9 Å². The third-order valence-electron chi connectivity index (χ3n) is 4.45. The molecule has 142 valence electrons. The van der Waals surface area contributed by atoms with Crippen molar-refractivity contribution in [2.75, 3.05) is 5.43 Å². The second-order valence-electron chi connectivity index (χ2n) is 6.45. The molecule has 2 aromatic carbocycles. The van der Waals surface area contributed by atoms with E-state index >= 15 is 0 Å². The maximum Gasteiger partial charge on any atom is 0.214 e. The van der Waals surface area contributed by atoms with Gasteiger partial charge in [-0.1, -0.05) is 54.6 Å². The summed E-state index contributed by atoms with van der Waals surface area (Å²) in [4.78, 5) is 0. The second-order valence-corrected chi connectivity index (χ2v) is 6.84. The van der Waals surface area contributed by atoms with Crippen LogP contribution >= 0.6 is 12.2 Å². The van der Waals surface area contributed by atoms with Gasteiger partial charge >= 0.3 is 0 Å². The van der Waals surface area contributed by atoms with Crippen LogP contribution in [0.25, 0.3) is 22.7 Å². The zero-order valence-corrected chi connectivity index (χ0v) is 16.1. The molecular weight excluding hydrogens is 372 g/mol. The predicted octanol–water partition coefficient (Wildman–Crippen LogP) is 4.66. The van der Waals surface area contributed by atoms with Crippen LogP contribution in [0, 0.1) is 4.77 Å². The van der Waals surface area contributed by atoms with Crippen molar-refractivity contribution in [2.45, 2.75) is 19.6 Å². The molecular formula is C21H20N4O2S. The van der Waals surface area contributed by atoms with Gasteiger partial charge in [-0.05, 0) is 36.8 Å². The number of furan rings is 1. The average Bonchev–Trinajstić information content (AvgIpc) is 3.34. The minimum absolute atomic E-state index is 0.458. The lowest BCUT2D eigenvalue weighted by Crippen LogP contribution is -2.15. The van der Waals surface area contributed by atoms with Gasteiger partial charge in [0.25, 0.3) is 0 Å². The molecule has 2 heterocycles. The lowest BCUT2D eigenvalue weighted by Gasteiger charge is -2.08. The van der Waals surface area contributed by atoms with Crippen LogP contribution in [0.4, 0.5) is 0 Å². The fraction of sp³-hybridized carbons (Fsp3) is 0.143. The largest absolute Gasteiger partial charge is 0.459 e. The van der Waals surface area contributed by atoms with Gasteiger partial charge in [0.1, 0.15) is 11.5 Å². The van der Waals surface area contributed by atoms with Crippen LogP contribution < -0.4 is 5.43 Å². The van der Waals surface area contributed by atoms with Crippen molar-refractivity contribution in [3.8, 4) is 22.7 Å². The number of aliphatic hydroxyl groups is 1. The van der Waals surface area contributed by atoms with Crippen molar-refractivity contribution in [3.63, 3.8) is 0 Å². The first-order valence-corrected chi connectivity index (χ1v) is 9.36. The number of benzene rings is 2. The number of aliphatic hydroxyl groups excluding tert-OH is 1. The van der Waals surface area contributed by atoms with Gasteiger partial charge in [-0.3, -0.25) is 0 Å². The van der Waals surface area contributed by atoms with Gasteiger partial charge in [-0.15, -0.1) is 0 Å². The summed E-state index contributed by atoms with van der Waals surface area (Å²) in [5.74, 6) is 2.26. The molecule has 1 atom stereocenters. The number of nitrogens with one attached hydrogen (secondary N) is 2. The molecule has 0 aliphatic carbocycles. The lowest BCUT2D eigenvalue weighted by atomic mass is 10.1. The molecule has 0 amide bonds. The smallest absolute Gasteiger partial charge is 0.214 e. The Balaban J connectivity index is 1.50. The quantitative estimate of drug-likeness (QED) is 0.416. The van der Waals surface area contributed by atoms with E-state index in [0.29, 0.717) is 17.1 Å². The molecule has 2 aromatic heterocycles. The second kappa shape index (κ2) is 7.84. The number of aromatic nitrogens is 3. The summed E-state index contributed by atoms with van der Waals surface area (Å²) >= 11 is 5.33. The molecule has 4 rings (SSSR count). The van der Waals surface area contributed by atoms with E-state index in [9.17, 15) is 5.11 Å². The van der Waals surface area contributed by atoms with E-state index in [-0.39, 0.29) is 0 Å². The SMILES string of the molecule is CC(O)c1ccc(-c2ccc(CNn3c(-c4ccccc4)n[nH]c3=S)o2)cc1. The first-order valence-electron chi connectivity index (χ1n) is 8.95. The van der Waals surface area contributed by atoms with E-state index in [1.807, 2.05) is 66.7 Å². The molecule has 0 fully saturated rings. The van der Waals surface area contributed by atoms with Gasteiger partial charge in [0.05, 0.1) is 12.6 Å². The fourth-order valence-corrected chi connectivity index (χ4v) is 3.13. The Morgan fingerprint density at radius 3 is 2.54 bits per heavy atom. The summed E-state index contributed by atoms with van der Waals surface area (Å²) in [6.07, 6.45) is -0.483. The predicted molar refractivity (Wildman–Crippen MR) is 111 cm³/mol. The topological polar surface area (TPSA) is 79.0 Å². The molecule has 0 aliphatic heterocycles. The van der Waals surface area contributed by atoms with E-state index in [0.717, 1.165) is 28.2 Å². The van der Waals surface area contributed by atoms with Crippen LogP contribution in [-0.2, 0) is 6.54 Å². The average molecular weight is 392 g/mol.